The molecule has 1 aromatic rings. The van der Waals surface area contributed by atoms with E-state index in [2.05, 4.69) is 0 Å². The summed E-state index contributed by atoms with van der Waals surface area (Å²) in [6.45, 7) is 1.50. The van der Waals surface area contributed by atoms with Crippen molar-refractivity contribution in [3.63, 3.8) is 0 Å². The van der Waals surface area contributed by atoms with Gasteiger partial charge in [0.15, 0.2) is 0 Å². The number of nitrogens with two attached hydrogens (primary N) is 1. The zero-order valence-corrected chi connectivity index (χ0v) is 11.4. The van der Waals surface area contributed by atoms with Crippen LogP contribution in [-0.4, -0.2) is 13.0 Å². The topological polar surface area (TPSA) is 83.2 Å². The second kappa shape index (κ2) is 4.88. The summed E-state index contributed by atoms with van der Waals surface area (Å²) in [5.41, 5.74) is 6.04. The molecule has 0 spiro atoms. The molecule has 6 heteroatoms. The van der Waals surface area contributed by atoms with E-state index in [0.29, 0.717) is 11.3 Å². The Kier molecular flexibility index (Phi) is 5.09. The Morgan fingerprint density at radius 2 is 1.92 bits per heavy atom. The molecular formula is C7H8KNO3S. The SMILES string of the molecule is Cc1c(N)cccc1S(=O)(=O)[O-].[K+]. The third kappa shape index (κ3) is 3.32. The van der Waals surface area contributed by atoms with Gasteiger partial charge < -0.3 is 10.3 Å². The van der Waals surface area contributed by atoms with Crippen molar-refractivity contribution in [3.8, 4) is 0 Å². The number of anilines is 1. The van der Waals surface area contributed by atoms with Crippen LogP contribution in [0.4, 0.5) is 5.69 Å². The Bertz CT molecular complexity index is 402. The molecule has 0 aromatic heterocycles. The van der Waals surface area contributed by atoms with Gasteiger partial charge in [0.05, 0.1) is 4.90 Å². The predicted molar refractivity (Wildman–Crippen MR) is 43.6 cm³/mol. The maximum absolute atomic E-state index is 10.6. The molecule has 0 saturated heterocycles. The molecule has 1 rings (SSSR count). The third-order valence-corrected chi connectivity index (χ3v) is 2.58. The normalized spacial score (nSPS) is 10.6. The van der Waals surface area contributed by atoms with E-state index in [1.807, 2.05) is 0 Å². The second-order valence-electron chi connectivity index (χ2n) is 2.42. The Morgan fingerprint density at radius 3 is 2.31 bits per heavy atom. The standard InChI is InChI=1S/C7H9NO3S.K/c1-5-6(8)3-2-4-7(5)12(9,10)11;/h2-4H,8H2,1H3,(H,9,10,11);/q;+1/p-1. The van der Waals surface area contributed by atoms with Crippen molar-refractivity contribution in [3.05, 3.63) is 23.8 Å². The van der Waals surface area contributed by atoms with Crippen LogP contribution in [0.3, 0.4) is 0 Å². The maximum Gasteiger partial charge on any atom is 1.00 e. The number of rotatable bonds is 1. The Balaban J connectivity index is 0.00000144. The largest absolute Gasteiger partial charge is 1.00 e. The van der Waals surface area contributed by atoms with Gasteiger partial charge in [-0.15, -0.1) is 0 Å². The number of nitrogen functional groups attached to an aromatic ring is 1. The first-order valence-electron chi connectivity index (χ1n) is 3.24. The monoisotopic (exact) mass is 225 g/mol. The summed E-state index contributed by atoms with van der Waals surface area (Å²) in [5, 5.41) is 0. The van der Waals surface area contributed by atoms with Crippen molar-refractivity contribution in [2.24, 2.45) is 0 Å². The summed E-state index contributed by atoms with van der Waals surface area (Å²) in [6, 6.07) is 4.23. The van der Waals surface area contributed by atoms with Crippen molar-refractivity contribution in [1.82, 2.24) is 0 Å². The molecule has 0 bridgehead atoms. The van der Waals surface area contributed by atoms with E-state index in [1.165, 1.54) is 19.1 Å². The minimum absolute atomic E-state index is 0. The molecule has 2 N–H and O–H groups in total. The summed E-state index contributed by atoms with van der Waals surface area (Å²) in [5.74, 6) is 0. The molecule has 0 radical (unpaired) electrons. The molecule has 0 aliphatic heterocycles. The number of benzene rings is 1. The van der Waals surface area contributed by atoms with Gasteiger partial charge in [0, 0.05) is 5.69 Å². The molecule has 0 saturated carbocycles. The second-order valence-corrected chi connectivity index (χ2v) is 3.77. The van der Waals surface area contributed by atoms with Gasteiger partial charge in [0.2, 0.25) is 0 Å². The maximum atomic E-state index is 10.6. The fraction of sp³-hybridized carbons (Fsp3) is 0.143. The number of hydrogen-bond acceptors (Lipinski definition) is 4. The first kappa shape index (κ1) is 13.6. The first-order chi connectivity index (χ1) is 5.43. The molecule has 0 heterocycles. The van der Waals surface area contributed by atoms with E-state index in [1.54, 1.807) is 6.07 Å². The van der Waals surface area contributed by atoms with E-state index in [9.17, 15) is 13.0 Å². The molecule has 0 aliphatic carbocycles. The first-order valence-corrected chi connectivity index (χ1v) is 4.65. The summed E-state index contributed by atoms with van der Waals surface area (Å²) in [4.78, 5) is -0.248. The molecule has 0 fully saturated rings. The van der Waals surface area contributed by atoms with E-state index in [-0.39, 0.29) is 56.3 Å². The Morgan fingerprint density at radius 1 is 1.38 bits per heavy atom. The fourth-order valence-corrected chi connectivity index (χ4v) is 1.64. The van der Waals surface area contributed by atoms with Crippen LogP contribution in [0.5, 0.6) is 0 Å². The summed E-state index contributed by atoms with van der Waals surface area (Å²) < 4.78 is 31.8. The minimum Gasteiger partial charge on any atom is -0.744 e. The molecular weight excluding hydrogens is 217 g/mol. The molecule has 0 amide bonds. The van der Waals surface area contributed by atoms with Crippen molar-refractivity contribution in [1.29, 1.82) is 0 Å². The van der Waals surface area contributed by atoms with Gasteiger partial charge in [-0.05, 0) is 24.6 Å². The average molecular weight is 225 g/mol. The van der Waals surface area contributed by atoms with Gasteiger partial charge in [-0.25, -0.2) is 8.42 Å². The van der Waals surface area contributed by atoms with Gasteiger partial charge in [-0.3, -0.25) is 0 Å². The molecule has 66 valence electrons. The van der Waals surface area contributed by atoms with E-state index < -0.39 is 10.1 Å². The summed E-state index contributed by atoms with van der Waals surface area (Å²) >= 11 is 0. The molecule has 0 aliphatic rings. The smallest absolute Gasteiger partial charge is 0.744 e. The number of hydrogen-bond donors (Lipinski definition) is 1. The van der Waals surface area contributed by atoms with Crippen LogP contribution >= 0.6 is 0 Å². The third-order valence-electron chi connectivity index (χ3n) is 1.60. The van der Waals surface area contributed by atoms with Crippen molar-refractivity contribution in [2.45, 2.75) is 11.8 Å². The van der Waals surface area contributed by atoms with Gasteiger partial charge in [-0.2, -0.15) is 0 Å². The van der Waals surface area contributed by atoms with Crippen LogP contribution in [0, 0.1) is 6.92 Å². The van der Waals surface area contributed by atoms with Crippen molar-refractivity contribution in [2.75, 3.05) is 5.73 Å². The van der Waals surface area contributed by atoms with Crippen LogP contribution in [0.2, 0.25) is 0 Å². The quantitative estimate of drug-likeness (QED) is 0.325. The van der Waals surface area contributed by atoms with Gasteiger partial charge in [0.1, 0.15) is 10.1 Å². The van der Waals surface area contributed by atoms with Crippen molar-refractivity contribution < 1.29 is 64.4 Å². The van der Waals surface area contributed by atoms with E-state index in [4.69, 9.17) is 5.73 Å². The molecule has 1 aromatic carbocycles. The average Bonchev–Trinajstić information content (AvgIpc) is 1.92. The van der Waals surface area contributed by atoms with Crippen molar-refractivity contribution >= 4 is 15.8 Å². The van der Waals surface area contributed by atoms with Gasteiger partial charge in [0.25, 0.3) is 0 Å². The van der Waals surface area contributed by atoms with Crippen LogP contribution in [0.1, 0.15) is 5.56 Å². The van der Waals surface area contributed by atoms with Crippen LogP contribution in [-0.2, 0) is 10.1 Å². The van der Waals surface area contributed by atoms with Gasteiger partial charge in [-0.1, -0.05) is 6.07 Å². The minimum atomic E-state index is -4.39. The summed E-state index contributed by atoms with van der Waals surface area (Å²) in [6.07, 6.45) is 0. The molecule has 0 unspecified atom stereocenters. The molecule has 0 atom stereocenters. The molecule has 4 nitrogen and oxygen atoms in total. The zero-order valence-electron chi connectivity index (χ0n) is 7.44. The van der Waals surface area contributed by atoms with Gasteiger partial charge >= 0.3 is 51.4 Å². The molecule has 13 heavy (non-hydrogen) atoms. The van der Waals surface area contributed by atoms with E-state index in [0.717, 1.165) is 0 Å². The van der Waals surface area contributed by atoms with Crippen LogP contribution < -0.4 is 57.1 Å². The predicted octanol–water partition coefficient (Wildman–Crippen LogP) is -2.51. The fourth-order valence-electron chi connectivity index (χ4n) is 0.902. The van der Waals surface area contributed by atoms with Crippen LogP contribution in [0.25, 0.3) is 0 Å². The summed E-state index contributed by atoms with van der Waals surface area (Å²) in [7, 11) is -4.39. The zero-order chi connectivity index (χ0) is 9.35. The Hall–Kier alpha value is 0.566. The van der Waals surface area contributed by atoms with Crippen LogP contribution in [0.15, 0.2) is 23.1 Å². The Labute approximate surface area is 120 Å². The van der Waals surface area contributed by atoms with E-state index >= 15 is 0 Å².